The molecule has 1 amide bonds. The van der Waals surface area contributed by atoms with E-state index in [1.807, 2.05) is 17.0 Å². The SMILES string of the molecule is COc1cccc2c1N(C(C)=O)[C@@H]1CC[C@@]3(C(C)=O)CCCN4CC[C@@]21[C@H]43. The van der Waals surface area contributed by atoms with E-state index in [0.29, 0.717) is 5.78 Å². The summed E-state index contributed by atoms with van der Waals surface area (Å²) in [7, 11) is 1.68. The van der Waals surface area contributed by atoms with Gasteiger partial charge in [-0.3, -0.25) is 14.5 Å². The number of rotatable bonds is 2. The van der Waals surface area contributed by atoms with Gasteiger partial charge in [0.1, 0.15) is 11.5 Å². The molecule has 144 valence electrons. The minimum Gasteiger partial charge on any atom is -0.495 e. The maximum absolute atomic E-state index is 13.0. The van der Waals surface area contributed by atoms with E-state index in [0.717, 1.165) is 56.6 Å². The first kappa shape index (κ1) is 17.2. The number of hydrogen-bond acceptors (Lipinski definition) is 4. The first-order valence-electron chi connectivity index (χ1n) is 10.2. The van der Waals surface area contributed by atoms with Crippen LogP contribution in [0.1, 0.15) is 51.5 Å². The van der Waals surface area contributed by atoms with Crippen LogP contribution < -0.4 is 9.64 Å². The van der Waals surface area contributed by atoms with Crippen molar-refractivity contribution in [2.75, 3.05) is 25.1 Å². The van der Waals surface area contributed by atoms with Gasteiger partial charge >= 0.3 is 0 Å². The lowest BCUT2D eigenvalue weighted by Crippen LogP contribution is -2.67. The molecule has 4 aliphatic rings. The number of anilines is 1. The number of Topliss-reactive ketones (excluding diaryl/α,β-unsaturated/α-hetero) is 1. The van der Waals surface area contributed by atoms with Crippen LogP contribution in [0.15, 0.2) is 18.2 Å². The molecule has 5 nitrogen and oxygen atoms in total. The number of ketones is 1. The summed E-state index contributed by atoms with van der Waals surface area (Å²) in [6, 6.07) is 6.51. The molecule has 0 N–H and O–H groups in total. The smallest absolute Gasteiger partial charge is 0.224 e. The Balaban J connectivity index is 1.79. The molecule has 1 saturated carbocycles. The Morgan fingerprint density at radius 1 is 1.15 bits per heavy atom. The average molecular weight is 368 g/mol. The van der Waals surface area contributed by atoms with E-state index in [9.17, 15) is 9.59 Å². The molecule has 1 aromatic carbocycles. The van der Waals surface area contributed by atoms with E-state index in [1.54, 1.807) is 21.0 Å². The van der Waals surface area contributed by atoms with Gasteiger partial charge in [0.25, 0.3) is 0 Å². The van der Waals surface area contributed by atoms with Crippen molar-refractivity contribution in [1.29, 1.82) is 0 Å². The van der Waals surface area contributed by atoms with Gasteiger partial charge in [0, 0.05) is 29.8 Å². The Morgan fingerprint density at radius 2 is 1.96 bits per heavy atom. The molecule has 2 saturated heterocycles. The molecule has 1 aliphatic carbocycles. The van der Waals surface area contributed by atoms with Crippen molar-refractivity contribution >= 4 is 17.4 Å². The number of fused-ring (bicyclic) bond motifs is 1. The van der Waals surface area contributed by atoms with Crippen LogP contribution in [-0.2, 0) is 15.0 Å². The van der Waals surface area contributed by atoms with Crippen LogP contribution in [0.25, 0.3) is 0 Å². The quantitative estimate of drug-likeness (QED) is 0.805. The van der Waals surface area contributed by atoms with Crippen molar-refractivity contribution in [1.82, 2.24) is 4.90 Å². The third kappa shape index (κ3) is 1.89. The van der Waals surface area contributed by atoms with Gasteiger partial charge in [0.05, 0.1) is 12.8 Å². The molecular formula is C22H28N2O3. The summed E-state index contributed by atoms with van der Waals surface area (Å²) in [5.41, 5.74) is 1.75. The lowest BCUT2D eigenvalue weighted by atomic mass is 9.52. The van der Waals surface area contributed by atoms with Crippen LogP contribution in [0, 0.1) is 5.41 Å². The van der Waals surface area contributed by atoms with Crippen molar-refractivity contribution < 1.29 is 14.3 Å². The van der Waals surface area contributed by atoms with Crippen molar-refractivity contribution in [2.45, 2.75) is 63.5 Å². The van der Waals surface area contributed by atoms with E-state index in [2.05, 4.69) is 11.0 Å². The van der Waals surface area contributed by atoms with Gasteiger partial charge < -0.3 is 9.64 Å². The second kappa shape index (κ2) is 5.57. The van der Waals surface area contributed by atoms with Gasteiger partial charge in [0.2, 0.25) is 5.91 Å². The van der Waals surface area contributed by atoms with Crippen LogP contribution in [0.4, 0.5) is 5.69 Å². The first-order chi connectivity index (χ1) is 13.0. The number of amides is 1. The maximum atomic E-state index is 13.0. The first-order valence-corrected chi connectivity index (χ1v) is 10.2. The molecule has 5 rings (SSSR count). The van der Waals surface area contributed by atoms with E-state index in [1.165, 1.54) is 5.56 Å². The van der Waals surface area contributed by atoms with Crippen LogP contribution in [0.2, 0.25) is 0 Å². The number of ether oxygens (including phenoxy) is 1. The van der Waals surface area contributed by atoms with Crippen LogP contribution >= 0.6 is 0 Å². The lowest BCUT2D eigenvalue weighted by Gasteiger charge is -2.57. The highest BCUT2D eigenvalue weighted by molar-refractivity contribution is 5.98. The van der Waals surface area contributed by atoms with E-state index >= 15 is 0 Å². The zero-order valence-electron chi connectivity index (χ0n) is 16.5. The monoisotopic (exact) mass is 368 g/mol. The van der Waals surface area contributed by atoms with Gasteiger partial charge in [-0.2, -0.15) is 0 Å². The minimum atomic E-state index is -0.265. The Morgan fingerprint density at radius 3 is 2.67 bits per heavy atom. The number of benzene rings is 1. The Hall–Kier alpha value is -1.88. The summed E-state index contributed by atoms with van der Waals surface area (Å²) in [5.74, 6) is 1.18. The molecule has 4 atom stereocenters. The third-order valence-electron chi connectivity index (χ3n) is 8.03. The fourth-order valence-electron chi connectivity index (χ4n) is 7.21. The average Bonchev–Trinajstić information content (AvgIpc) is 3.19. The number of nitrogens with zero attached hydrogens (tertiary/aromatic N) is 2. The fourth-order valence-corrected chi connectivity index (χ4v) is 7.21. The maximum Gasteiger partial charge on any atom is 0.224 e. The van der Waals surface area contributed by atoms with E-state index in [-0.39, 0.29) is 28.8 Å². The van der Waals surface area contributed by atoms with Crippen molar-refractivity contribution in [2.24, 2.45) is 5.41 Å². The summed E-state index contributed by atoms with van der Waals surface area (Å²) in [4.78, 5) is 30.3. The predicted octanol–water partition coefficient (Wildman–Crippen LogP) is 2.91. The largest absolute Gasteiger partial charge is 0.495 e. The Bertz CT molecular complexity index is 837. The molecule has 5 heteroatoms. The van der Waals surface area contributed by atoms with Gasteiger partial charge in [-0.15, -0.1) is 0 Å². The molecule has 3 fully saturated rings. The minimum absolute atomic E-state index is 0.0761. The molecule has 0 unspecified atom stereocenters. The molecule has 1 spiro atoms. The normalized spacial score (nSPS) is 36.8. The highest BCUT2D eigenvalue weighted by atomic mass is 16.5. The van der Waals surface area contributed by atoms with Crippen LogP contribution in [0.5, 0.6) is 5.75 Å². The van der Waals surface area contributed by atoms with Crippen molar-refractivity contribution in [3.63, 3.8) is 0 Å². The Kier molecular flexibility index (Phi) is 3.55. The zero-order valence-corrected chi connectivity index (χ0v) is 16.5. The van der Waals surface area contributed by atoms with E-state index < -0.39 is 0 Å². The third-order valence-corrected chi connectivity index (χ3v) is 8.03. The standard InChI is InChI=1S/C22H28N2O3/c1-14(25)21-9-5-12-23-13-11-22(20(21)23)16-6-4-7-17(27-3)19(16)24(15(2)26)18(22)8-10-21/h4,6-7,18,20H,5,8-13H2,1-3H3/t18-,20-,21-,22-/m1/s1. The molecule has 0 radical (unpaired) electrons. The van der Waals surface area contributed by atoms with Gasteiger partial charge in [-0.05, 0) is 63.7 Å². The Labute approximate surface area is 160 Å². The molecule has 0 aromatic heterocycles. The molecule has 0 bridgehead atoms. The van der Waals surface area contributed by atoms with Crippen molar-refractivity contribution in [3.8, 4) is 5.75 Å². The number of carbonyl (C=O) groups excluding carboxylic acids is 2. The number of hydrogen-bond donors (Lipinski definition) is 0. The number of carbonyl (C=O) groups is 2. The predicted molar refractivity (Wildman–Crippen MR) is 103 cm³/mol. The second-order valence-corrected chi connectivity index (χ2v) is 8.84. The summed E-state index contributed by atoms with van der Waals surface area (Å²) in [5, 5.41) is 0. The molecule has 3 aliphatic heterocycles. The second-order valence-electron chi connectivity index (χ2n) is 8.84. The number of para-hydroxylation sites is 1. The van der Waals surface area contributed by atoms with E-state index in [4.69, 9.17) is 4.74 Å². The molecular weight excluding hydrogens is 340 g/mol. The zero-order chi connectivity index (χ0) is 19.0. The topological polar surface area (TPSA) is 49.9 Å². The summed E-state index contributed by atoms with van der Waals surface area (Å²) in [6.07, 6.45) is 4.87. The number of piperidine rings is 1. The van der Waals surface area contributed by atoms with Crippen molar-refractivity contribution in [3.05, 3.63) is 23.8 Å². The lowest BCUT2D eigenvalue weighted by molar-refractivity contribution is -0.139. The summed E-state index contributed by atoms with van der Waals surface area (Å²) < 4.78 is 5.68. The number of methoxy groups -OCH3 is 1. The summed E-state index contributed by atoms with van der Waals surface area (Å²) >= 11 is 0. The van der Waals surface area contributed by atoms with Crippen LogP contribution in [0.3, 0.4) is 0 Å². The highest BCUT2D eigenvalue weighted by Gasteiger charge is 2.70. The molecule has 3 heterocycles. The highest BCUT2D eigenvalue weighted by Crippen LogP contribution is 2.65. The molecule has 27 heavy (non-hydrogen) atoms. The fraction of sp³-hybridized carbons (Fsp3) is 0.636. The van der Waals surface area contributed by atoms with Gasteiger partial charge in [0.15, 0.2) is 0 Å². The van der Waals surface area contributed by atoms with Gasteiger partial charge in [-0.1, -0.05) is 12.1 Å². The van der Waals surface area contributed by atoms with Gasteiger partial charge in [-0.25, -0.2) is 0 Å². The van der Waals surface area contributed by atoms with Crippen LogP contribution in [-0.4, -0.2) is 48.9 Å². The molecule has 1 aromatic rings. The summed E-state index contributed by atoms with van der Waals surface area (Å²) in [6.45, 7) is 5.53.